The summed E-state index contributed by atoms with van der Waals surface area (Å²) in [6, 6.07) is 3.80. The number of nitro benzene ring substituents is 1. The van der Waals surface area contributed by atoms with E-state index in [9.17, 15) is 10.1 Å². The molecule has 1 aromatic carbocycles. The second-order valence-electron chi connectivity index (χ2n) is 3.25. The maximum absolute atomic E-state index is 10.5. The highest BCUT2D eigenvalue weighted by Gasteiger charge is 2.20. The van der Waals surface area contributed by atoms with Crippen molar-refractivity contribution >= 4 is 11.4 Å². The number of non-ortho nitro benzene ring substituents is 1. The summed E-state index contributed by atoms with van der Waals surface area (Å²) in [5.74, 6) is 0.274. The highest BCUT2D eigenvalue weighted by atomic mass is 16.6. The third-order valence-electron chi connectivity index (χ3n) is 1.74. The number of hydrogen-bond acceptors (Lipinski definition) is 4. The molecule has 0 fully saturated rings. The summed E-state index contributed by atoms with van der Waals surface area (Å²) in [5.41, 5.74) is 0.660. The maximum atomic E-state index is 10.5. The van der Waals surface area contributed by atoms with E-state index in [-0.39, 0.29) is 23.7 Å². The molecule has 0 unspecified atom stereocenters. The topological polar surface area (TPSA) is 80.5 Å². The van der Waals surface area contributed by atoms with E-state index in [0.717, 1.165) is 11.6 Å². The van der Waals surface area contributed by atoms with Crippen LogP contribution >= 0.6 is 0 Å². The van der Waals surface area contributed by atoms with Gasteiger partial charge in [0.25, 0.3) is 5.69 Å². The third-order valence-corrected chi connectivity index (χ3v) is 1.74. The molecule has 0 N–H and O–H groups in total. The Hall–Kier alpha value is -2.42. The monoisotopic (exact) mass is 220 g/mol. The average molecular weight is 220 g/mol. The van der Waals surface area contributed by atoms with Crippen molar-refractivity contribution in [1.82, 2.24) is 0 Å². The summed E-state index contributed by atoms with van der Waals surface area (Å²) < 4.78 is 5.25. The first-order chi connectivity index (χ1) is 7.54. The van der Waals surface area contributed by atoms with E-state index < -0.39 is 4.92 Å². The fourth-order valence-electron chi connectivity index (χ4n) is 1.02. The normalized spacial score (nSPS) is 9.25. The number of ether oxygens (including phenoxy) is 1. The second-order valence-corrected chi connectivity index (χ2v) is 3.25. The van der Waals surface area contributed by atoms with E-state index >= 15 is 0 Å². The van der Waals surface area contributed by atoms with Gasteiger partial charge in [-0.25, -0.2) is 0 Å². The van der Waals surface area contributed by atoms with Crippen molar-refractivity contribution in [3.63, 3.8) is 0 Å². The zero-order valence-corrected chi connectivity index (χ0v) is 8.71. The minimum absolute atomic E-state index is 0.0236. The van der Waals surface area contributed by atoms with Crippen LogP contribution in [0.15, 0.2) is 30.4 Å². The first-order valence-electron chi connectivity index (χ1n) is 4.45. The number of benzene rings is 1. The molecule has 0 spiro atoms. The lowest BCUT2D eigenvalue weighted by Gasteiger charge is -2.02. The molecule has 0 atom stereocenters. The van der Waals surface area contributed by atoms with Gasteiger partial charge >= 0.3 is 5.69 Å². The quantitative estimate of drug-likeness (QED) is 0.338. The standard InChI is InChI=1S/C10H10N3O3/c1-7(2)6-16-10-4-3-8(13(14)15)5-9(10)12-11/h3-5H,1,6H2,2H3/q+1. The summed E-state index contributed by atoms with van der Waals surface area (Å²) in [6.07, 6.45) is 0. The predicted molar refractivity (Wildman–Crippen MR) is 58.1 cm³/mol. The minimum Gasteiger partial charge on any atom is -0.481 e. The Morgan fingerprint density at radius 2 is 2.38 bits per heavy atom. The van der Waals surface area contributed by atoms with Crippen LogP contribution in [0.5, 0.6) is 5.75 Å². The highest BCUT2D eigenvalue weighted by Crippen LogP contribution is 2.31. The lowest BCUT2D eigenvalue weighted by atomic mass is 10.2. The van der Waals surface area contributed by atoms with Gasteiger partial charge in [0.15, 0.2) is 4.98 Å². The van der Waals surface area contributed by atoms with Gasteiger partial charge in [-0.15, -0.1) is 0 Å². The Bertz CT molecular complexity index is 477. The van der Waals surface area contributed by atoms with Gasteiger partial charge in [-0.05, 0) is 18.6 Å². The van der Waals surface area contributed by atoms with Crippen molar-refractivity contribution in [3.8, 4) is 5.75 Å². The van der Waals surface area contributed by atoms with E-state index in [0.29, 0.717) is 0 Å². The number of nitrogens with zero attached hydrogens (tertiary/aromatic N) is 3. The van der Waals surface area contributed by atoms with Crippen molar-refractivity contribution in [3.05, 3.63) is 45.4 Å². The summed E-state index contributed by atoms with van der Waals surface area (Å²) in [5, 5.41) is 19.2. The van der Waals surface area contributed by atoms with Crippen LogP contribution in [0.25, 0.3) is 4.98 Å². The first-order valence-corrected chi connectivity index (χ1v) is 4.45. The number of nitro groups is 1. The molecule has 0 aliphatic rings. The van der Waals surface area contributed by atoms with Gasteiger partial charge in [-0.1, -0.05) is 6.58 Å². The number of diazo groups is 1. The van der Waals surface area contributed by atoms with Gasteiger partial charge in [-0.2, -0.15) is 0 Å². The van der Waals surface area contributed by atoms with Crippen LogP contribution in [-0.2, 0) is 0 Å². The first kappa shape index (κ1) is 11.7. The molecular formula is C10H10N3O3+. The number of hydrogen-bond donors (Lipinski definition) is 0. The molecule has 0 radical (unpaired) electrons. The Balaban J connectivity index is 2.99. The fraction of sp³-hybridized carbons (Fsp3) is 0.200. The van der Waals surface area contributed by atoms with Crippen molar-refractivity contribution in [2.75, 3.05) is 6.61 Å². The summed E-state index contributed by atoms with van der Waals surface area (Å²) in [4.78, 5) is 12.8. The van der Waals surface area contributed by atoms with Crippen LogP contribution in [0.1, 0.15) is 6.92 Å². The molecule has 0 saturated carbocycles. The molecule has 1 aromatic rings. The molecule has 0 aliphatic heterocycles. The zero-order valence-electron chi connectivity index (χ0n) is 8.71. The van der Waals surface area contributed by atoms with E-state index in [1.807, 2.05) is 0 Å². The van der Waals surface area contributed by atoms with Gasteiger partial charge in [-0.3, -0.25) is 10.1 Å². The second kappa shape index (κ2) is 4.89. The highest BCUT2D eigenvalue weighted by molar-refractivity contribution is 5.61. The summed E-state index contributed by atoms with van der Waals surface area (Å²) >= 11 is 0. The molecule has 82 valence electrons. The summed E-state index contributed by atoms with van der Waals surface area (Å²) in [7, 11) is 0. The van der Waals surface area contributed by atoms with Gasteiger partial charge < -0.3 is 4.74 Å². The van der Waals surface area contributed by atoms with E-state index in [4.69, 9.17) is 10.1 Å². The third kappa shape index (κ3) is 2.78. The molecule has 0 aromatic heterocycles. The smallest absolute Gasteiger partial charge is 0.433 e. The number of rotatable bonds is 4. The van der Waals surface area contributed by atoms with Gasteiger partial charge in [0.1, 0.15) is 12.7 Å². The minimum atomic E-state index is -0.572. The largest absolute Gasteiger partial charge is 0.481 e. The Labute approximate surface area is 91.9 Å². The molecule has 6 nitrogen and oxygen atoms in total. The lowest BCUT2D eigenvalue weighted by Crippen LogP contribution is -1.98. The Morgan fingerprint density at radius 3 is 2.88 bits per heavy atom. The van der Waals surface area contributed by atoms with E-state index in [1.165, 1.54) is 12.1 Å². The van der Waals surface area contributed by atoms with Crippen LogP contribution in [0.4, 0.5) is 11.4 Å². The summed E-state index contributed by atoms with van der Waals surface area (Å²) in [6.45, 7) is 5.69. The molecule has 0 aliphatic carbocycles. The Kier molecular flexibility index (Phi) is 3.56. The predicted octanol–water partition coefficient (Wildman–Crippen LogP) is 3.03. The average Bonchev–Trinajstić information content (AvgIpc) is 2.25. The fourth-order valence-corrected chi connectivity index (χ4v) is 1.02. The molecule has 0 bridgehead atoms. The van der Waals surface area contributed by atoms with Crippen LogP contribution in [0.3, 0.4) is 0 Å². The van der Waals surface area contributed by atoms with Crippen LogP contribution < -0.4 is 4.74 Å². The molecule has 0 heterocycles. The maximum Gasteiger partial charge on any atom is 0.433 e. The molecule has 16 heavy (non-hydrogen) atoms. The van der Waals surface area contributed by atoms with Gasteiger partial charge in [0.2, 0.25) is 11.1 Å². The van der Waals surface area contributed by atoms with Crippen LogP contribution in [-0.4, -0.2) is 11.5 Å². The van der Waals surface area contributed by atoms with Crippen LogP contribution in [0.2, 0.25) is 0 Å². The molecule has 0 amide bonds. The van der Waals surface area contributed by atoms with Gasteiger partial charge in [0, 0.05) is 6.07 Å². The molecular weight excluding hydrogens is 210 g/mol. The molecule has 1 rings (SSSR count). The van der Waals surface area contributed by atoms with Crippen molar-refractivity contribution in [1.29, 1.82) is 5.39 Å². The Morgan fingerprint density at radius 1 is 1.69 bits per heavy atom. The SMILES string of the molecule is C=C(C)COc1ccc([N+](=O)[O-])cc1[N+]#N. The molecule has 0 saturated heterocycles. The lowest BCUT2D eigenvalue weighted by molar-refractivity contribution is -0.384. The zero-order chi connectivity index (χ0) is 12.1. The molecule has 6 heteroatoms. The van der Waals surface area contributed by atoms with E-state index in [2.05, 4.69) is 11.6 Å². The van der Waals surface area contributed by atoms with E-state index in [1.54, 1.807) is 6.92 Å². The van der Waals surface area contributed by atoms with Crippen molar-refractivity contribution in [2.45, 2.75) is 6.92 Å². The van der Waals surface area contributed by atoms with Crippen molar-refractivity contribution < 1.29 is 9.66 Å². The van der Waals surface area contributed by atoms with Crippen molar-refractivity contribution in [2.24, 2.45) is 0 Å². The van der Waals surface area contributed by atoms with Crippen LogP contribution in [0, 0.1) is 15.5 Å². The van der Waals surface area contributed by atoms with Gasteiger partial charge in [0.05, 0.1) is 4.92 Å².